The lowest BCUT2D eigenvalue weighted by atomic mass is 10.1. The highest BCUT2D eigenvalue weighted by molar-refractivity contribution is 6.31. The summed E-state index contributed by atoms with van der Waals surface area (Å²) in [4.78, 5) is 5.14. The van der Waals surface area contributed by atoms with Crippen molar-refractivity contribution in [2.75, 3.05) is 31.1 Å². The molecule has 2 aliphatic rings. The molecule has 2 fully saturated rings. The molecule has 0 aromatic heterocycles. The molecule has 0 aliphatic carbocycles. The Morgan fingerprint density at radius 2 is 2.14 bits per heavy atom. The van der Waals surface area contributed by atoms with Gasteiger partial charge in [-0.2, -0.15) is 0 Å². The zero-order chi connectivity index (χ0) is 14.8. The predicted molar refractivity (Wildman–Crippen MR) is 90.2 cm³/mol. The van der Waals surface area contributed by atoms with E-state index in [1.807, 2.05) is 0 Å². The summed E-state index contributed by atoms with van der Waals surface area (Å²) in [6.07, 6.45) is 2.71. The second kappa shape index (κ2) is 6.55. The molecule has 2 aliphatic heterocycles. The van der Waals surface area contributed by atoms with Crippen molar-refractivity contribution in [3.8, 4) is 0 Å². The van der Waals surface area contributed by atoms with Crippen LogP contribution in [0.1, 0.15) is 32.3 Å². The standard InChI is InChI=1S/C17H26ClN3/c1-13(2)19-11-14-5-6-15(10-17(14)18)21-9-8-20-7-3-4-16(20)12-21/h5-6,10,13,16,19H,3-4,7-9,11-12H2,1-2H3. The average molecular weight is 308 g/mol. The van der Waals surface area contributed by atoms with Gasteiger partial charge in [0.15, 0.2) is 0 Å². The summed E-state index contributed by atoms with van der Waals surface area (Å²) in [6, 6.07) is 7.78. The van der Waals surface area contributed by atoms with Gasteiger partial charge in [-0.1, -0.05) is 31.5 Å². The van der Waals surface area contributed by atoms with Crippen molar-refractivity contribution >= 4 is 17.3 Å². The maximum atomic E-state index is 6.47. The molecule has 0 radical (unpaired) electrons. The lowest BCUT2D eigenvalue weighted by Gasteiger charge is -2.39. The van der Waals surface area contributed by atoms with Gasteiger partial charge in [0.2, 0.25) is 0 Å². The third-order valence-electron chi connectivity index (χ3n) is 4.69. The number of piperazine rings is 1. The van der Waals surface area contributed by atoms with Crippen LogP contribution >= 0.6 is 11.6 Å². The van der Waals surface area contributed by atoms with Gasteiger partial charge in [-0.05, 0) is 37.1 Å². The quantitative estimate of drug-likeness (QED) is 0.922. The molecule has 0 saturated carbocycles. The van der Waals surface area contributed by atoms with E-state index < -0.39 is 0 Å². The van der Waals surface area contributed by atoms with Crippen molar-refractivity contribution in [1.29, 1.82) is 0 Å². The zero-order valence-corrected chi connectivity index (χ0v) is 13.9. The van der Waals surface area contributed by atoms with Crippen LogP contribution < -0.4 is 10.2 Å². The van der Waals surface area contributed by atoms with E-state index in [4.69, 9.17) is 11.6 Å². The first-order valence-electron chi connectivity index (χ1n) is 8.14. The first kappa shape index (κ1) is 15.1. The molecule has 116 valence electrons. The van der Waals surface area contributed by atoms with Crippen molar-refractivity contribution in [3.63, 3.8) is 0 Å². The van der Waals surface area contributed by atoms with Gasteiger partial charge < -0.3 is 10.2 Å². The molecular weight excluding hydrogens is 282 g/mol. The lowest BCUT2D eigenvalue weighted by molar-refractivity contribution is 0.231. The molecule has 21 heavy (non-hydrogen) atoms. The number of rotatable bonds is 4. The van der Waals surface area contributed by atoms with E-state index in [2.05, 4.69) is 47.2 Å². The molecule has 3 nitrogen and oxygen atoms in total. The van der Waals surface area contributed by atoms with E-state index >= 15 is 0 Å². The first-order valence-corrected chi connectivity index (χ1v) is 8.52. The maximum absolute atomic E-state index is 6.47. The topological polar surface area (TPSA) is 18.5 Å². The monoisotopic (exact) mass is 307 g/mol. The average Bonchev–Trinajstić information content (AvgIpc) is 2.93. The minimum atomic E-state index is 0.483. The lowest BCUT2D eigenvalue weighted by Crippen LogP contribution is -2.50. The van der Waals surface area contributed by atoms with E-state index in [0.29, 0.717) is 6.04 Å². The molecule has 1 aromatic carbocycles. The number of anilines is 1. The molecule has 1 N–H and O–H groups in total. The van der Waals surface area contributed by atoms with Crippen molar-refractivity contribution in [2.45, 2.75) is 45.3 Å². The van der Waals surface area contributed by atoms with E-state index in [9.17, 15) is 0 Å². The third kappa shape index (κ3) is 3.53. The smallest absolute Gasteiger partial charge is 0.0471 e. The van der Waals surface area contributed by atoms with Crippen LogP contribution in [0.4, 0.5) is 5.69 Å². The summed E-state index contributed by atoms with van der Waals surface area (Å²) in [5, 5.41) is 4.31. The fourth-order valence-corrected chi connectivity index (χ4v) is 3.66. The van der Waals surface area contributed by atoms with Gasteiger partial charge in [-0.15, -0.1) is 0 Å². The molecule has 1 aromatic rings. The molecule has 0 amide bonds. The van der Waals surface area contributed by atoms with Gasteiger partial charge in [0.05, 0.1) is 0 Å². The van der Waals surface area contributed by atoms with Crippen LogP contribution in [-0.2, 0) is 6.54 Å². The molecule has 0 bridgehead atoms. The van der Waals surface area contributed by atoms with Crippen molar-refractivity contribution in [3.05, 3.63) is 28.8 Å². The van der Waals surface area contributed by atoms with E-state index in [0.717, 1.165) is 30.7 Å². The molecule has 2 heterocycles. The van der Waals surface area contributed by atoms with Gasteiger partial charge in [0.25, 0.3) is 0 Å². The van der Waals surface area contributed by atoms with Crippen LogP contribution in [0.5, 0.6) is 0 Å². The van der Waals surface area contributed by atoms with Gasteiger partial charge in [0.1, 0.15) is 0 Å². The van der Waals surface area contributed by atoms with Crippen molar-refractivity contribution < 1.29 is 0 Å². The maximum Gasteiger partial charge on any atom is 0.0471 e. The molecule has 4 heteroatoms. The second-order valence-electron chi connectivity index (χ2n) is 6.59. The number of fused-ring (bicyclic) bond motifs is 1. The minimum Gasteiger partial charge on any atom is -0.369 e. The highest BCUT2D eigenvalue weighted by Crippen LogP contribution is 2.28. The summed E-state index contributed by atoms with van der Waals surface area (Å²) in [5.41, 5.74) is 2.47. The molecule has 2 saturated heterocycles. The zero-order valence-electron chi connectivity index (χ0n) is 13.1. The van der Waals surface area contributed by atoms with Crippen LogP contribution in [0.15, 0.2) is 18.2 Å². The molecule has 1 atom stereocenters. The van der Waals surface area contributed by atoms with Crippen molar-refractivity contribution in [1.82, 2.24) is 10.2 Å². The van der Waals surface area contributed by atoms with Crippen LogP contribution in [0.3, 0.4) is 0 Å². The molecule has 1 unspecified atom stereocenters. The van der Waals surface area contributed by atoms with Crippen LogP contribution in [0, 0.1) is 0 Å². The molecule has 0 spiro atoms. The number of hydrogen-bond acceptors (Lipinski definition) is 3. The summed E-state index contributed by atoms with van der Waals surface area (Å²) in [7, 11) is 0. The largest absolute Gasteiger partial charge is 0.369 e. The molecule has 3 rings (SSSR count). The van der Waals surface area contributed by atoms with Gasteiger partial charge in [-0.3, -0.25) is 4.90 Å². The Balaban J connectivity index is 1.67. The van der Waals surface area contributed by atoms with Crippen LogP contribution in [0.25, 0.3) is 0 Å². The fraction of sp³-hybridized carbons (Fsp3) is 0.647. The summed E-state index contributed by atoms with van der Waals surface area (Å²) in [6.45, 7) is 9.91. The second-order valence-corrected chi connectivity index (χ2v) is 7.00. The van der Waals surface area contributed by atoms with Crippen LogP contribution in [0.2, 0.25) is 5.02 Å². The number of nitrogens with one attached hydrogen (secondary N) is 1. The summed E-state index contributed by atoms with van der Waals surface area (Å²) >= 11 is 6.47. The van der Waals surface area contributed by atoms with E-state index in [1.165, 1.54) is 37.2 Å². The highest BCUT2D eigenvalue weighted by atomic mass is 35.5. The summed E-state index contributed by atoms with van der Waals surface area (Å²) in [5.74, 6) is 0. The Morgan fingerprint density at radius 3 is 2.90 bits per heavy atom. The SMILES string of the molecule is CC(C)NCc1ccc(N2CCN3CCCC3C2)cc1Cl. The predicted octanol–water partition coefficient (Wildman–Crippen LogP) is 3.12. The Bertz CT molecular complexity index is 489. The summed E-state index contributed by atoms with van der Waals surface area (Å²) < 4.78 is 0. The number of nitrogens with zero attached hydrogens (tertiary/aromatic N) is 2. The number of hydrogen-bond donors (Lipinski definition) is 1. The number of benzene rings is 1. The Kier molecular flexibility index (Phi) is 4.72. The van der Waals surface area contributed by atoms with Gasteiger partial charge >= 0.3 is 0 Å². The normalized spacial score (nSPS) is 22.9. The van der Waals surface area contributed by atoms with Crippen molar-refractivity contribution in [2.24, 2.45) is 0 Å². The molecular formula is C17H26ClN3. The Labute approximate surface area is 133 Å². The van der Waals surface area contributed by atoms with E-state index in [-0.39, 0.29) is 0 Å². The van der Waals surface area contributed by atoms with E-state index in [1.54, 1.807) is 0 Å². The number of halogens is 1. The Hall–Kier alpha value is -0.770. The fourth-order valence-electron chi connectivity index (χ4n) is 3.42. The first-order chi connectivity index (χ1) is 10.1. The van der Waals surface area contributed by atoms with Gasteiger partial charge in [-0.25, -0.2) is 0 Å². The third-order valence-corrected chi connectivity index (χ3v) is 5.04. The van der Waals surface area contributed by atoms with Gasteiger partial charge in [0, 0.05) is 49.0 Å². The van der Waals surface area contributed by atoms with Crippen LogP contribution in [-0.4, -0.2) is 43.2 Å². The Morgan fingerprint density at radius 1 is 1.29 bits per heavy atom. The highest BCUT2D eigenvalue weighted by Gasteiger charge is 2.30. The minimum absolute atomic E-state index is 0.483.